The summed E-state index contributed by atoms with van der Waals surface area (Å²) in [6.07, 6.45) is 0. The van der Waals surface area contributed by atoms with E-state index in [4.69, 9.17) is 5.84 Å². The van der Waals surface area contributed by atoms with Crippen LogP contribution in [0.15, 0.2) is 65.6 Å². The lowest BCUT2D eigenvalue weighted by Crippen LogP contribution is -2.36. The zero-order valence-corrected chi connectivity index (χ0v) is 14.5. The molecular formula is C17H15ClF2N2O2S. The van der Waals surface area contributed by atoms with E-state index >= 15 is 0 Å². The Morgan fingerprint density at radius 1 is 0.920 bits per heavy atom. The van der Waals surface area contributed by atoms with E-state index in [-0.39, 0.29) is 29.4 Å². The van der Waals surface area contributed by atoms with Crippen LogP contribution >= 0.6 is 12.4 Å². The van der Waals surface area contributed by atoms with E-state index in [0.29, 0.717) is 9.80 Å². The highest BCUT2D eigenvalue weighted by atomic mass is 35.5. The van der Waals surface area contributed by atoms with E-state index in [1.807, 2.05) is 0 Å². The van der Waals surface area contributed by atoms with Crippen molar-refractivity contribution in [3.05, 3.63) is 77.9 Å². The van der Waals surface area contributed by atoms with Gasteiger partial charge < -0.3 is 0 Å². The number of nitrogens with zero attached hydrogens (tertiary/aromatic N) is 1. The largest absolute Gasteiger partial charge is 0.256 e. The molecule has 0 amide bonds. The lowest BCUT2D eigenvalue weighted by atomic mass is 10.1. The maximum Gasteiger partial charge on any atom is 0.256 e. The highest BCUT2D eigenvalue weighted by Gasteiger charge is 2.24. The summed E-state index contributed by atoms with van der Waals surface area (Å²) in [5, 5.41) is 1.31. The molecule has 0 aliphatic rings. The van der Waals surface area contributed by atoms with Crippen molar-refractivity contribution in [2.75, 3.05) is 0 Å². The summed E-state index contributed by atoms with van der Waals surface area (Å²) in [5.41, 5.74) is 0.250. The highest BCUT2D eigenvalue weighted by Crippen LogP contribution is 2.25. The summed E-state index contributed by atoms with van der Waals surface area (Å²) in [5.74, 6) is 3.67. The minimum absolute atomic E-state index is 0. The Labute approximate surface area is 150 Å². The van der Waals surface area contributed by atoms with E-state index in [2.05, 4.69) is 0 Å². The summed E-state index contributed by atoms with van der Waals surface area (Å²) in [6, 6.07) is 15.1. The van der Waals surface area contributed by atoms with Crippen molar-refractivity contribution in [1.29, 1.82) is 0 Å². The number of sulfonamides is 1. The first-order valence-corrected chi connectivity index (χ1v) is 8.53. The van der Waals surface area contributed by atoms with Crippen LogP contribution in [0.5, 0.6) is 0 Å². The van der Waals surface area contributed by atoms with Crippen molar-refractivity contribution in [1.82, 2.24) is 4.41 Å². The van der Waals surface area contributed by atoms with E-state index in [1.54, 1.807) is 36.4 Å². The van der Waals surface area contributed by atoms with Crippen molar-refractivity contribution in [3.8, 4) is 0 Å². The molecule has 0 unspecified atom stereocenters. The third kappa shape index (κ3) is 3.80. The third-order valence-electron chi connectivity index (χ3n) is 3.66. The standard InChI is InChI=1S/C17H14F2N2O2S.ClH/c18-15-9-8-12(10-16(15)19)11-21(20)24(22,23)17-7-3-5-13-4-1-2-6-14(13)17;/h1-10H,11,20H2;1H. The average Bonchev–Trinajstić information content (AvgIpc) is 2.57. The van der Waals surface area contributed by atoms with Crippen LogP contribution in [0.1, 0.15) is 5.56 Å². The fourth-order valence-corrected chi connectivity index (χ4v) is 3.74. The summed E-state index contributed by atoms with van der Waals surface area (Å²) >= 11 is 0. The molecular weight excluding hydrogens is 370 g/mol. The van der Waals surface area contributed by atoms with E-state index in [0.717, 1.165) is 17.5 Å². The van der Waals surface area contributed by atoms with Gasteiger partial charge in [-0.2, -0.15) is 0 Å². The molecule has 0 radical (unpaired) electrons. The Morgan fingerprint density at radius 3 is 2.32 bits per heavy atom. The Balaban J connectivity index is 0.00000225. The van der Waals surface area contributed by atoms with Crippen LogP contribution in [0.25, 0.3) is 10.8 Å². The molecule has 0 aliphatic carbocycles. The van der Waals surface area contributed by atoms with Gasteiger partial charge in [-0.05, 0) is 29.1 Å². The van der Waals surface area contributed by atoms with E-state index < -0.39 is 21.7 Å². The second-order valence-corrected chi connectivity index (χ2v) is 7.13. The molecule has 0 aliphatic heterocycles. The van der Waals surface area contributed by atoms with Gasteiger partial charge in [0.05, 0.1) is 11.4 Å². The first kappa shape index (κ1) is 19.3. The van der Waals surface area contributed by atoms with Gasteiger partial charge in [-0.1, -0.05) is 42.5 Å². The van der Waals surface area contributed by atoms with Crippen molar-refractivity contribution in [3.63, 3.8) is 0 Å². The minimum atomic E-state index is -3.99. The van der Waals surface area contributed by atoms with Gasteiger partial charge in [-0.3, -0.25) is 5.84 Å². The Kier molecular flexibility index (Phi) is 5.74. The lowest BCUT2D eigenvalue weighted by Gasteiger charge is -2.18. The van der Waals surface area contributed by atoms with Crippen LogP contribution in [-0.2, 0) is 16.6 Å². The van der Waals surface area contributed by atoms with Crippen LogP contribution in [0.2, 0.25) is 0 Å². The molecule has 0 spiro atoms. The van der Waals surface area contributed by atoms with Gasteiger partial charge >= 0.3 is 0 Å². The van der Waals surface area contributed by atoms with Crippen molar-refractivity contribution in [2.45, 2.75) is 11.4 Å². The topological polar surface area (TPSA) is 63.4 Å². The smallest absolute Gasteiger partial charge is 0.254 e. The quantitative estimate of drug-likeness (QED) is 0.552. The first-order chi connectivity index (χ1) is 11.4. The zero-order valence-electron chi connectivity index (χ0n) is 12.9. The van der Waals surface area contributed by atoms with Gasteiger partial charge in [-0.15, -0.1) is 16.8 Å². The SMILES string of the molecule is Cl.NN(Cc1ccc(F)c(F)c1)S(=O)(=O)c1cccc2ccccc12. The molecule has 0 bridgehead atoms. The average molecular weight is 385 g/mol. The first-order valence-electron chi connectivity index (χ1n) is 7.09. The fraction of sp³-hybridized carbons (Fsp3) is 0.0588. The number of rotatable bonds is 4. The molecule has 0 aromatic heterocycles. The van der Waals surface area contributed by atoms with Gasteiger partial charge in [0.1, 0.15) is 0 Å². The predicted octanol–water partition coefficient (Wildman–Crippen LogP) is 3.60. The van der Waals surface area contributed by atoms with E-state index in [1.165, 1.54) is 12.1 Å². The molecule has 0 heterocycles. The number of nitrogens with two attached hydrogens (primary N) is 1. The molecule has 0 saturated carbocycles. The molecule has 0 atom stereocenters. The normalized spacial score (nSPS) is 11.5. The maximum atomic E-state index is 13.3. The Hall–Kier alpha value is -2.06. The monoisotopic (exact) mass is 384 g/mol. The molecule has 3 aromatic rings. The zero-order chi connectivity index (χ0) is 17.3. The van der Waals surface area contributed by atoms with Gasteiger partial charge in [0.15, 0.2) is 11.6 Å². The lowest BCUT2D eigenvalue weighted by molar-refractivity contribution is 0.420. The summed E-state index contributed by atoms with van der Waals surface area (Å²) in [4.78, 5) is 0.0608. The van der Waals surface area contributed by atoms with Gasteiger partial charge in [0.2, 0.25) is 0 Å². The van der Waals surface area contributed by atoms with Gasteiger partial charge in [-0.25, -0.2) is 17.2 Å². The third-order valence-corrected chi connectivity index (χ3v) is 5.32. The second kappa shape index (κ2) is 7.45. The number of halogens is 3. The molecule has 2 N–H and O–H groups in total. The van der Waals surface area contributed by atoms with Crippen molar-refractivity contribution >= 4 is 33.2 Å². The number of benzene rings is 3. The highest BCUT2D eigenvalue weighted by molar-refractivity contribution is 7.89. The van der Waals surface area contributed by atoms with Gasteiger partial charge in [0.25, 0.3) is 10.0 Å². The maximum absolute atomic E-state index is 13.3. The summed E-state index contributed by atoms with van der Waals surface area (Å²) in [7, 11) is -3.99. The number of hydrogen-bond donors (Lipinski definition) is 1. The van der Waals surface area contributed by atoms with Crippen molar-refractivity contribution in [2.24, 2.45) is 5.84 Å². The summed E-state index contributed by atoms with van der Waals surface area (Å²) < 4.78 is 52.3. The number of hydrogen-bond acceptors (Lipinski definition) is 3. The minimum Gasteiger partial charge on any atom is -0.254 e. The van der Waals surface area contributed by atoms with Crippen LogP contribution < -0.4 is 5.84 Å². The predicted molar refractivity (Wildman–Crippen MR) is 94.5 cm³/mol. The van der Waals surface area contributed by atoms with Gasteiger partial charge in [0, 0.05) is 5.39 Å². The van der Waals surface area contributed by atoms with Crippen LogP contribution in [0.4, 0.5) is 8.78 Å². The van der Waals surface area contributed by atoms with E-state index in [9.17, 15) is 17.2 Å². The number of hydrazine groups is 1. The Morgan fingerprint density at radius 2 is 1.60 bits per heavy atom. The second-order valence-electron chi connectivity index (χ2n) is 5.28. The van der Waals surface area contributed by atoms with Crippen LogP contribution in [-0.4, -0.2) is 12.8 Å². The molecule has 0 saturated heterocycles. The molecule has 25 heavy (non-hydrogen) atoms. The molecule has 0 fully saturated rings. The van der Waals surface area contributed by atoms with Crippen LogP contribution in [0.3, 0.4) is 0 Å². The van der Waals surface area contributed by atoms with Crippen molar-refractivity contribution < 1.29 is 17.2 Å². The molecule has 3 aromatic carbocycles. The Bertz CT molecular complexity index is 1010. The molecule has 8 heteroatoms. The molecule has 4 nitrogen and oxygen atoms in total. The molecule has 3 rings (SSSR count). The number of fused-ring (bicyclic) bond motifs is 1. The molecule has 132 valence electrons. The van der Waals surface area contributed by atoms with Crippen LogP contribution in [0, 0.1) is 11.6 Å². The summed E-state index contributed by atoms with van der Waals surface area (Å²) in [6.45, 7) is -0.275. The fourth-order valence-electron chi connectivity index (χ4n) is 2.45.